The van der Waals surface area contributed by atoms with Crippen molar-refractivity contribution < 1.29 is 0 Å². The van der Waals surface area contributed by atoms with Crippen LogP contribution in [0.15, 0.2) is 23.0 Å². The molecular weight excluding hydrogens is 150 g/mol. The van der Waals surface area contributed by atoms with E-state index >= 15 is 0 Å². The standard InChI is InChI=1S/C10H13NO/c1-8-5-6-11-9(7-8)3-2-4-10(11)12/h2-4,8H,5-7H2,1H3. The van der Waals surface area contributed by atoms with Gasteiger partial charge < -0.3 is 4.57 Å². The number of nitrogens with zero attached hydrogens (tertiary/aromatic N) is 1. The van der Waals surface area contributed by atoms with E-state index in [1.54, 1.807) is 6.07 Å². The third-order valence-corrected chi connectivity index (χ3v) is 2.54. The molecule has 1 aromatic rings. The van der Waals surface area contributed by atoms with Gasteiger partial charge in [-0.05, 0) is 24.8 Å². The average Bonchev–Trinajstić information content (AvgIpc) is 2.04. The smallest absolute Gasteiger partial charge is 0.250 e. The number of hydrogen-bond donors (Lipinski definition) is 0. The van der Waals surface area contributed by atoms with Gasteiger partial charge in [-0.1, -0.05) is 13.0 Å². The molecule has 0 aromatic carbocycles. The van der Waals surface area contributed by atoms with Crippen molar-refractivity contribution in [3.63, 3.8) is 0 Å². The third-order valence-electron chi connectivity index (χ3n) is 2.54. The minimum Gasteiger partial charge on any atom is -0.313 e. The molecule has 64 valence electrons. The van der Waals surface area contributed by atoms with Gasteiger partial charge in [0.15, 0.2) is 0 Å². The summed E-state index contributed by atoms with van der Waals surface area (Å²) in [6.45, 7) is 3.14. The first-order valence-electron chi connectivity index (χ1n) is 4.46. The molecule has 0 N–H and O–H groups in total. The molecular formula is C10H13NO. The van der Waals surface area contributed by atoms with Crippen LogP contribution in [-0.2, 0) is 13.0 Å². The molecule has 2 rings (SSSR count). The molecule has 2 nitrogen and oxygen atoms in total. The van der Waals surface area contributed by atoms with Gasteiger partial charge in [0.1, 0.15) is 0 Å². The Labute approximate surface area is 71.8 Å². The highest BCUT2D eigenvalue weighted by Gasteiger charge is 2.14. The van der Waals surface area contributed by atoms with Crippen molar-refractivity contribution >= 4 is 0 Å². The summed E-state index contributed by atoms with van der Waals surface area (Å²) in [6.07, 6.45) is 2.19. The van der Waals surface area contributed by atoms with Crippen LogP contribution in [0.4, 0.5) is 0 Å². The Morgan fingerprint density at radius 3 is 3.17 bits per heavy atom. The molecule has 1 aliphatic rings. The van der Waals surface area contributed by atoms with Gasteiger partial charge in [0, 0.05) is 18.3 Å². The van der Waals surface area contributed by atoms with Crippen molar-refractivity contribution in [3.8, 4) is 0 Å². The normalized spacial score (nSPS) is 21.9. The molecule has 1 aliphatic heterocycles. The number of fused-ring (bicyclic) bond motifs is 1. The van der Waals surface area contributed by atoms with E-state index in [2.05, 4.69) is 13.0 Å². The van der Waals surface area contributed by atoms with E-state index in [0.29, 0.717) is 0 Å². The lowest BCUT2D eigenvalue weighted by Gasteiger charge is -2.22. The fourth-order valence-electron chi connectivity index (χ4n) is 1.80. The van der Waals surface area contributed by atoms with Crippen LogP contribution in [0.25, 0.3) is 0 Å². The lowest BCUT2D eigenvalue weighted by molar-refractivity contribution is 0.406. The van der Waals surface area contributed by atoms with Gasteiger partial charge in [-0.2, -0.15) is 0 Å². The molecule has 0 saturated carbocycles. The summed E-state index contributed by atoms with van der Waals surface area (Å²) in [5.74, 6) is 0.729. The topological polar surface area (TPSA) is 22.0 Å². The summed E-state index contributed by atoms with van der Waals surface area (Å²) < 4.78 is 1.89. The number of rotatable bonds is 0. The van der Waals surface area contributed by atoms with Crippen molar-refractivity contribution in [2.24, 2.45) is 5.92 Å². The Bertz CT molecular complexity index is 340. The monoisotopic (exact) mass is 163 g/mol. The highest BCUT2D eigenvalue weighted by Crippen LogP contribution is 2.16. The second-order valence-corrected chi connectivity index (χ2v) is 3.60. The summed E-state index contributed by atoms with van der Waals surface area (Å²) >= 11 is 0. The molecule has 12 heavy (non-hydrogen) atoms. The summed E-state index contributed by atoms with van der Waals surface area (Å²) in [5.41, 5.74) is 1.35. The van der Waals surface area contributed by atoms with Crippen molar-refractivity contribution in [1.82, 2.24) is 4.57 Å². The molecule has 0 spiro atoms. The Hall–Kier alpha value is -1.05. The number of pyridine rings is 1. The van der Waals surface area contributed by atoms with E-state index in [-0.39, 0.29) is 5.56 Å². The van der Waals surface area contributed by atoms with Gasteiger partial charge in [0.05, 0.1) is 0 Å². The van der Waals surface area contributed by atoms with E-state index < -0.39 is 0 Å². The highest BCUT2D eigenvalue weighted by molar-refractivity contribution is 5.09. The first kappa shape index (κ1) is 7.59. The van der Waals surface area contributed by atoms with E-state index in [1.165, 1.54) is 5.69 Å². The maximum absolute atomic E-state index is 11.3. The van der Waals surface area contributed by atoms with Gasteiger partial charge in [-0.3, -0.25) is 4.79 Å². The van der Waals surface area contributed by atoms with E-state index in [9.17, 15) is 4.79 Å². The van der Waals surface area contributed by atoms with E-state index in [4.69, 9.17) is 0 Å². The Balaban J connectivity index is 2.49. The number of hydrogen-bond acceptors (Lipinski definition) is 1. The van der Waals surface area contributed by atoms with Gasteiger partial charge in [-0.25, -0.2) is 0 Å². The average molecular weight is 163 g/mol. The molecule has 1 unspecified atom stereocenters. The lowest BCUT2D eigenvalue weighted by atomic mass is 9.97. The predicted molar refractivity (Wildman–Crippen MR) is 48.2 cm³/mol. The van der Waals surface area contributed by atoms with Crippen molar-refractivity contribution in [2.75, 3.05) is 0 Å². The molecule has 0 fully saturated rings. The largest absolute Gasteiger partial charge is 0.313 e. The van der Waals surface area contributed by atoms with Crippen molar-refractivity contribution in [3.05, 3.63) is 34.2 Å². The summed E-state index contributed by atoms with van der Waals surface area (Å²) in [5, 5.41) is 0. The maximum atomic E-state index is 11.3. The Morgan fingerprint density at radius 1 is 1.50 bits per heavy atom. The lowest BCUT2D eigenvalue weighted by Crippen LogP contribution is -2.28. The summed E-state index contributed by atoms with van der Waals surface area (Å²) in [7, 11) is 0. The van der Waals surface area contributed by atoms with Crippen LogP contribution in [0.2, 0.25) is 0 Å². The van der Waals surface area contributed by atoms with E-state index in [0.717, 1.165) is 25.3 Å². The second kappa shape index (κ2) is 2.77. The first-order chi connectivity index (χ1) is 5.77. The predicted octanol–water partition coefficient (Wildman–Crippen LogP) is 1.43. The maximum Gasteiger partial charge on any atom is 0.250 e. The summed E-state index contributed by atoms with van der Waals surface area (Å²) in [6, 6.07) is 5.54. The zero-order valence-corrected chi connectivity index (χ0v) is 7.29. The molecule has 2 heteroatoms. The zero-order valence-electron chi connectivity index (χ0n) is 7.29. The van der Waals surface area contributed by atoms with Crippen LogP contribution >= 0.6 is 0 Å². The molecule has 0 aliphatic carbocycles. The Kier molecular flexibility index (Phi) is 1.75. The van der Waals surface area contributed by atoms with Crippen LogP contribution in [0.5, 0.6) is 0 Å². The van der Waals surface area contributed by atoms with Crippen LogP contribution in [0.3, 0.4) is 0 Å². The number of aromatic nitrogens is 1. The summed E-state index contributed by atoms with van der Waals surface area (Å²) in [4.78, 5) is 11.3. The van der Waals surface area contributed by atoms with Gasteiger partial charge in [0.2, 0.25) is 0 Å². The molecule has 1 aromatic heterocycles. The molecule has 0 radical (unpaired) electrons. The van der Waals surface area contributed by atoms with Crippen molar-refractivity contribution in [1.29, 1.82) is 0 Å². The van der Waals surface area contributed by atoms with Gasteiger partial charge >= 0.3 is 0 Å². The zero-order chi connectivity index (χ0) is 8.55. The van der Waals surface area contributed by atoms with Crippen LogP contribution in [0.1, 0.15) is 19.0 Å². The van der Waals surface area contributed by atoms with Crippen LogP contribution < -0.4 is 5.56 Å². The van der Waals surface area contributed by atoms with Gasteiger partial charge in [-0.15, -0.1) is 0 Å². The highest BCUT2D eigenvalue weighted by atomic mass is 16.1. The second-order valence-electron chi connectivity index (χ2n) is 3.60. The minimum atomic E-state index is 0.152. The molecule has 1 atom stereocenters. The van der Waals surface area contributed by atoms with Crippen LogP contribution in [0, 0.1) is 5.92 Å². The fraction of sp³-hybridized carbons (Fsp3) is 0.500. The molecule has 2 heterocycles. The Morgan fingerprint density at radius 2 is 2.33 bits per heavy atom. The molecule has 0 bridgehead atoms. The molecule has 0 amide bonds. The minimum absolute atomic E-state index is 0.152. The van der Waals surface area contributed by atoms with Crippen molar-refractivity contribution in [2.45, 2.75) is 26.3 Å². The third kappa shape index (κ3) is 1.17. The van der Waals surface area contributed by atoms with Crippen LogP contribution in [-0.4, -0.2) is 4.57 Å². The van der Waals surface area contributed by atoms with E-state index in [1.807, 2.05) is 10.6 Å². The quantitative estimate of drug-likeness (QED) is 0.567. The van der Waals surface area contributed by atoms with Gasteiger partial charge in [0.25, 0.3) is 5.56 Å². The molecule has 0 saturated heterocycles. The fourth-order valence-corrected chi connectivity index (χ4v) is 1.80. The first-order valence-corrected chi connectivity index (χ1v) is 4.46. The SMILES string of the molecule is CC1CCn2c(cccc2=O)C1.